The van der Waals surface area contributed by atoms with Crippen molar-refractivity contribution in [2.24, 2.45) is 5.73 Å². The van der Waals surface area contributed by atoms with Gasteiger partial charge in [-0.1, -0.05) is 17.7 Å². The number of rotatable bonds is 3. The van der Waals surface area contributed by atoms with Gasteiger partial charge in [0.05, 0.1) is 34.1 Å². The lowest BCUT2D eigenvalue weighted by Crippen LogP contribution is -2.44. The molecule has 1 atom stereocenters. The van der Waals surface area contributed by atoms with E-state index in [4.69, 9.17) is 17.3 Å². The summed E-state index contributed by atoms with van der Waals surface area (Å²) in [7, 11) is 0. The van der Waals surface area contributed by atoms with Crippen LogP contribution in [0.4, 0.5) is 18.9 Å². The Balaban J connectivity index is 1.83. The average molecular weight is 455 g/mol. The van der Waals surface area contributed by atoms with Gasteiger partial charge in [0.15, 0.2) is 0 Å². The first-order valence-corrected chi connectivity index (χ1v) is 9.69. The molecular weight excluding hydrogens is 437 g/mol. The van der Waals surface area contributed by atoms with E-state index in [-0.39, 0.29) is 23.4 Å². The Bertz CT molecular complexity index is 1030. The highest BCUT2D eigenvalue weighted by molar-refractivity contribution is 6.39. The summed E-state index contributed by atoms with van der Waals surface area (Å²) in [4.78, 5) is 41.6. The number of aromatic nitrogens is 1. The number of piperidine rings is 1. The molecule has 31 heavy (non-hydrogen) atoms. The first kappa shape index (κ1) is 22.5. The highest BCUT2D eigenvalue weighted by Gasteiger charge is 2.36. The predicted molar refractivity (Wildman–Crippen MR) is 106 cm³/mol. The lowest BCUT2D eigenvalue weighted by molar-refractivity contribution is -0.145. The van der Waals surface area contributed by atoms with Crippen LogP contribution in [0.2, 0.25) is 5.02 Å². The molecule has 3 rings (SSSR count). The van der Waals surface area contributed by atoms with Crippen molar-refractivity contribution in [3.05, 3.63) is 58.4 Å². The van der Waals surface area contributed by atoms with Crippen LogP contribution in [0.15, 0.2) is 36.7 Å². The van der Waals surface area contributed by atoms with Crippen molar-refractivity contribution >= 4 is 35.0 Å². The van der Waals surface area contributed by atoms with E-state index < -0.39 is 40.5 Å². The zero-order valence-electron chi connectivity index (χ0n) is 16.1. The zero-order valence-corrected chi connectivity index (χ0v) is 16.8. The van der Waals surface area contributed by atoms with E-state index in [1.807, 2.05) is 0 Å². The van der Waals surface area contributed by atoms with Crippen LogP contribution in [-0.4, -0.2) is 34.2 Å². The molecule has 3 N–H and O–H groups in total. The van der Waals surface area contributed by atoms with E-state index in [1.165, 1.54) is 29.4 Å². The van der Waals surface area contributed by atoms with Gasteiger partial charge in [-0.05, 0) is 43.0 Å². The van der Waals surface area contributed by atoms with Crippen molar-refractivity contribution in [3.8, 4) is 0 Å². The van der Waals surface area contributed by atoms with Crippen LogP contribution in [0, 0.1) is 0 Å². The zero-order chi connectivity index (χ0) is 22.8. The second-order valence-corrected chi connectivity index (χ2v) is 7.44. The molecule has 1 aromatic heterocycles. The summed E-state index contributed by atoms with van der Waals surface area (Å²) < 4.78 is 39.7. The Kier molecular flexibility index (Phi) is 6.49. The van der Waals surface area contributed by atoms with E-state index in [9.17, 15) is 27.6 Å². The minimum absolute atomic E-state index is 0.0435. The number of hydrogen-bond acceptors (Lipinski definition) is 4. The third-order valence-electron chi connectivity index (χ3n) is 4.92. The number of nitrogens with two attached hydrogens (primary N) is 1. The SMILES string of the molecule is NC(=O)c1cncc(NC(=O)C(=O)N2CCCC[C@H]2c2ccc(Cl)c(C(F)(F)F)c2)c1. The summed E-state index contributed by atoms with van der Waals surface area (Å²) in [5, 5.41) is 1.91. The highest BCUT2D eigenvalue weighted by Crippen LogP contribution is 2.39. The number of primary amides is 1. The molecule has 0 unspecified atom stereocenters. The number of carbonyl (C=O) groups is 3. The first-order valence-electron chi connectivity index (χ1n) is 9.31. The Morgan fingerprint density at radius 1 is 1.16 bits per heavy atom. The molecule has 164 valence electrons. The van der Waals surface area contributed by atoms with Gasteiger partial charge in [0, 0.05) is 12.7 Å². The number of alkyl halides is 3. The summed E-state index contributed by atoms with van der Waals surface area (Å²) in [5.41, 5.74) is 4.55. The Morgan fingerprint density at radius 3 is 2.58 bits per heavy atom. The largest absolute Gasteiger partial charge is 0.417 e. The highest BCUT2D eigenvalue weighted by atomic mass is 35.5. The fraction of sp³-hybridized carbons (Fsp3) is 0.300. The standard InChI is InChI=1S/C20H18ClF3N4O3/c21-15-5-4-11(8-14(15)20(22,23)24)16-3-1-2-6-28(16)19(31)18(30)27-13-7-12(17(25)29)9-26-10-13/h4-5,7-10,16H,1-3,6H2,(H2,25,29)(H,27,30)/t16-/m0/s1. The van der Waals surface area contributed by atoms with Gasteiger partial charge in [0.2, 0.25) is 5.91 Å². The minimum atomic E-state index is -4.65. The molecular formula is C20H18ClF3N4O3. The van der Waals surface area contributed by atoms with E-state index >= 15 is 0 Å². The summed E-state index contributed by atoms with van der Waals surface area (Å²) in [6.45, 7) is 0.209. The number of amides is 3. The quantitative estimate of drug-likeness (QED) is 0.692. The molecule has 1 saturated heterocycles. The number of likely N-dealkylation sites (tertiary alicyclic amines) is 1. The lowest BCUT2D eigenvalue weighted by atomic mass is 9.93. The molecule has 3 amide bonds. The van der Waals surface area contributed by atoms with Crippen LogP contribution < -0.4 is 11.1 Å². The minimum Gasteiger partial charge on any atom is -0.366 e. The smallest absolute Gasteiger partial charge is 0.366 e. The molecule has 0 radical (unpaired) electrons. The Labute approximate surface area is 180 Å². The van der Waals surface area contributed by atoms with Crippen molar-refractivity contribution in [2.75, 3.05) is 11.9 Å². The van der Waals surface area contributed by atoms with Gasteiger partial charge in [0.1, 0.15) is 0 Å². The van der Waals surface area contributed by atoms with Crippen LogP contribution in [0.3, 0.4) is 0 Å². The Hall–Kier alpha value is -3.14. The number of anilines is 1. The maximum atomic E-state index is 13.2. The second kappa shape index (κ2) is 8.93. The van der Waals surface area contributed by atoms with Crippen molar-refractivity contribution in [2.45, 2.75) is 31.5 Å². The first-order chi connectivity index (χ1) is 14.6. The van der Waals surface area contributed by atoms with Crippen molar-refractivity contribution < 1.29 is 27.6 Å². The number of benzene rings is 1. The predicted octanol–water partition coefficient (Wildman–Crippen LogP) is 3.55. The average Bonchev–Trinajstić information content (AvgIpc) is 2.73. The molecule has 1 aliphatic rings. The molecule has 7 nitrogen and oxygen atoms in total. The molecule has 1 aliphatic heterocycles. The second-order valence-electron chi connectivity index (χ2n) is 7.03. The fourth-order valence-corrected chi connectivity index (χ4v) is 3.67. The summed E-state index contributed by atoms with van der Waals surface area (Å²) in [6.07, 6.45) is -0.513. The third-order valence-corrected chi connectivity index (χ3v) is 5.25. The molecule has 1 aromatic carbocycles. The van der Waals surface area contributed by atoms with E-state index in [0.717, 1.165) is 12.1 Å². The van der Waals surface area contributed by atoms with Crippen LogP contribution in [-0.2, 0) is 15.8 Å². The number of nitrogens with one attached hydrogen (secondary N) is 1. The molecule has 0 bridgehead atoms. The van der Waals surface area contributed by atoms with Crippen LogP contribution in [0.25, 0.3) is 0 Å². The van der Waals surface area contributed by atoms with Crippen molar-refractivity contribution in [1.82, 2.24) is 9.88 Å². The van der Waals surface area contributed by atoms with Crippen molar-refractivity contribution in [1.29, 1.82) is 0 Å². The van der Waals surface area contributed by atoms with Gasteiger partial charge in [-0.25, -0.2) is 0 Å². The molecule has 0 aliphatic carbocycles. The number of carbonyl (C=O) groups excluding carboxylic acids is 3. The van der Waals surface area contributed by atoms with E-state index in [2.05, 4.69) is 10.3 Å². The molecule has 0 spiro atoms. The molecule has 1 fully saturated rings. The van der Waals surface area contributed by atoms with Gasteiger partial charge >= 0.3 is 18.0 Å². The fourth-order valence-electron chi connectivity index (χ4n) is 3.45. The number of nitrogens with zero attached hydrogens (tertiary/aromatic N) is 2. The van der Waals surface area contributed by atoms with Crippen LogP contribution >= 0.6 is 11.6 Å². The Morgan fingerprint density at radius 2 is 1.90 bits per heavy atom. The molecule has 0 saturated carbocycles. The van der Waals surface area contributed by atoms with Gasteiger partial charge in [-0.3, -0.25) is 19.4 Å². The topological polar surface area (TPSA) is 105 Å². The molecule has 2 aromatic rings. The van der Waals surface area contributed by atoms with Crippen LogP contribution in [0.5, 0.6) is 0 Å². The van der Waals surface area contributed by atoms with Gasteiger partial charge < -0.3 is 16.0 Å². The summed E-state index contributed by atoms with van der Waals surface area (Å²) in [5.74, 6) is -2.66. The number of hydrogen-bond donors (Lipinski definition) is 2. The van der Waals surface area contributed by atoms with Crippen molar-refractivity contribution in [3.63, 3.8) is 0 Å². The number of pyridine rings is 1. The van der Waals surface area contributed by atoms with E-state index in [1.54, 1.807) is 0 Å². The number of halogens is 4. The van der Waals surface area contributed by atoms with Gasteiger partial charge in [-0.15, -0.1) is 0 Å². The van der Waals surface area contributed by atoms with E-state index in [0.29, 0.717) is 19.3 Å². The normalized spacial score (nSPS) is 16.6. The lowest BCUT2D eigenvalue weighted by Gasteiger charge is -2.36. The third kappa shape index (κ3) is 5.13. The van der Waals surface area contributed by atoms with Gasteiger partial charge in [0.25, 0.3) is 0 Å². The monoisotopic (exact) mass is 454 g/mol. The van der Waals surface area contributed by atoms with Crippen LogP contribution in [0.1, 0.15) is 46.8 Å². The summed E-state index contributed by atoms with van der Waals surface area (Å²) >= 11 is 5.69. The summed E-state index contributed by atoms with van der Waals surface area (Å²) in [6, 6.07) is 4.03. The molecule has 11 heteroatoms. The maximum Gasteiger partial charge on any atom is 0.417 e. The molecule has 2 heterocycles. The maximum absolute atomic E-state index is 13.2. The van der Waals surface area contributed by atoms with Gasteiger partial charge in [-0.2, -0.15) is 13.2 Å².